The van der Waals surface area contributed by atoms with Gasteiger partial charge in [0.25, 0.3) is 5.56 Å². The summed E-state index contributed by atoms with van der Waals surface area (Å²) in [4.78, 5) is 32.9. The van der Waals surface area contributed by atoms with Gasteiger partial charge >= 0.3 is 5.69 Å². The van der Waals surface area contributed by atoms with Gasteiger partial charge in [-0.15, -0.1) is 0 Å². The van der Waals surface area contributed by atoms with Crippen molar-refractivity contribution in [2.24, 2.45) is 26.1 Å². The zero-order valence-electron chi connectivity index (χ0n) is 12.8. The van der Waals surface area contributed by atoms with Gasteiger partial charge in [0, 0.05) is 31.8 Å². The summed E-state index contributed by atoms with van der Waals surface area (Å²) in [6, 6.07) is 7.65. The Labute approximate surface area is 139 Å². The fourth-order valence-electron chi connectivity index (χ4n) is 2.34. The molecule has 7 nitrogen and oxygen atoms in total. The van der Waals surface area contributed by atoms with Crippen LogP contribution in [0.25, 0.3) is 11.2 Å². The second-order valence-electron chi connectivity index (χ2n) is 5.16. The number of halogens is 1. The molecule has 118 valence electrons. The van der Waals surface area contributed by atoms with E-state index < -0.39 is 5.69 Å². The predicted molar refractivity (Wildman–Crippen MR) is 92.6 cm³/mol. The molecule has 23 heavy (non-hydrogen) atoms. The molecule has 2 aromatic heterocycles. The van der Waals surface area contributed by atoms with Crippen LogP contribution in [0.4, 0.5) is 5.95 Å². The molecule has 3 aromatic rings. The first-order valence-electron chi connectivity index (χ1n) is 6.82. The number of hydrogen-bond acceptors (Lipinski definition) is 4. The topological polar surface area (TPSA) is 74.2 Å². The molecule has 0 unspecified atom stereocenters. The van der Waals surface area contributed by atoms with Gasteiger partial charge in [0.2, 0.25) is 5.95 Å². The number of aliphatic imine (C=N–C) groups is 1. The Balaban J connectivity index is 2.19. The van der Waals surface area contributed by atoms with Crippen molar-refractivity contribution >= 4 is 39.3 Å². The lowest BCUT2D eigenvalue weighted by atomic mass is 10.2. The average Bonchev–Trinajstić information content (AvgIpc) is 2.86. The van der Waals surface area contributed by atoms with Crippen LogP contribution >= 0.6 is 15.9 Å². The molecule has 0 bridgehead atoms. The van der Waals surface area contributed by atoms with Gasteiger partial charge in [-0.05, 0) is 17.7 Å². The zero-order valence-corrected chi connectivity index (χ0v) is 14.4. The first-order valence-corrected chi connectivity index (χ1v) is 7.61. The van der Waals surface area contributed by atoms with Gasteiger partial charge in [-0.2, -0.15) is 4.98 Å². The number of rotatable bonds is 2. The maximum absolute atomic E-state index is 12.3. The Morgan fingerprint density at radius 2 is 1.87 bits per heavy atom. The molecular weight excluding hydrogens is 362 g/mol. The largest absolute Gasteiger partial charge is 0.332 e. The van der Waals surface area contributed by atoms with Crippen LogP contribution in [0.3, 0.4) is 0 Å². The minimum Gasteiger partial charge on any atom is -0.306 e. The minimum atomic E-state index is -0.414. The second kappa shape index (κ2) is 5.62. The molecule has 8 heteroatoms. The molecule has 0 fully saturated rings. The van der Waals surface area contributed by atoms with Crippen LogP contribution in [0, 0.1) is 0 Å². The van der Waals surface area contributed by atoms with Crippen LogP contribution in [-0.4, -0.2) is 24.9 Å². The van der Waals surface area contributed by atoms with Crippen LogP contribution < -0.4 is 11.2 Å². The van der Waals surface area contributed by atoms with E-state index in [9.17, 15) is 9.59 Å². The van der Waals surface area contributed by atoms with Crippen molar-refractivity contribution in [3.63, 3.8) is 0 Å². The molecule has 0 radical (unpaired) electrons. The van der Waals surface area contributed by atoms with Crippen LogP contribution in [0.1, 0.15) is 5.56 Å². The fourth-order valence-corrected chi connectivity index (χ4v) is 2.76. The van der Waals surface area contributed by atoms with Gasteiger partial charge in [0.05, 0.1) is 0 Å². The molecular formula is C15H14BrN5O2. The number of hydrogen-bond donors (Lipinski definition) is 0. The zero-order chi connectivity index (χ0) is 16.7. The monoisotopic (exact) mass is 375 g/mol. The lowest BCUT2D eigenvalue weighted by Crippen LogP contribution is -2.37. The van der Waals surface area contributed by atoms with Crippen LogP contribution in [0.5, 0.6) is 0 Å². The van der Waals surface area contributed by atoms with Gasteiger partial charge in [-0.3, -0.25) is 13.9 Å². The molecule has 0 spiro atoms. The lowest BCUT2D eigenvalue weighted by Gasteiger charge is -2.02. The number of nitrogens with zero attached hydrogens (tertiary/aromatic N) is 5. The van der Waals surface area contributed by atoms with Crippen molar-refractivity contribution in [1.29, 1.82) is 0 Å². The quantitative estimate of drug-likeness (QED) is 0.636. The number of benzene rings is 1. The summed E-state index contributed by atoms with van der Waals surface area (Å²) >= 11 is 3.40. The summed E-state index contributed by atoms with van der Waals surface area (Å²) in [6.45, 7) is 0. The lowest BCUT2D eigenvalue weighted by molar-refractivity contribution is 0.705. The third-order valence-corrected chi connectivity index (χ3v) is 4.12. The first kappa shape index (κ1) is 15.4. The molecule has 0 aliphatic heterocycles. The Kier molecular flexibility index (Phi) is 3.77. The van der Waals surface area contributed by atoms with Gasteiger partial charge in [-0.1, -0.05) is 28.1 Å². The highest BCUT2D eigenvalue weighted by Crippen LogP contribution is 2.16. The van der Waals surface area contributed by atoms with Gasteiger partial charge in [0.1, 0.15) is 0 Å². The Bertz CT molecular complexity index is 1060. The predicted octanol–water partition coefficient (Wildman–Crippen LogP) is 1.48. The van der Waals surface area contributed by atoms with E-state index in [1.807, 2.05) is 24.3 Å². The van der Waals surface area contributed by atoms with Gasteiger partial charge < -0.3 is 4.57 Å². The van der Waals surface area contributed by atoms with Crippen LogP contribution in [0.2, 0.25) is 0 Å². The Morgan fingerprint density at radius 1 is 1.13 bits per heavy atom. The maximum atomic E-state index is 12.3. The third-order valence-electron chi connectivity index (χ3n) is 3.63. The van der Waals surface area contributed by atoms with E-state index in [-0.39, 0.29) is 5.56 Å². The van der Waals surface area contributed by atoms with E-state index in [0.29, 0.717) is 17.1 Å². The van der Waals surface area contributed by atoms with Gasteiger partial charge in [-0.25, -0.2) is 9.79 Å². The standard InChI is InChI=1S/C15H14BrN5O2/c1-19-11-12(20(2)15(23)21(3)13(11)22)18-14(19)17-8-9-5-4-6-10(16)7-9/h4-8H,1-3H3/b17-8+. The van der Waals surface area contributed by atoms with Crippen molar-refractivity contribution in [2.75, 3.05) is 0 Å². The number of aromatic nitrogens is 4. The molecule has 0 saturated carbocycles. The van der Waals surface area contributed by atoms with Crippen molar-refractivity contribution in [1.82, 2.24) is 18.7 Å². The van der Waals surface area contributed by atoms with Gasteiger partial charge in [0.15, 0.2) is 11.2 Å². The van der Waals surface area contributed by atoms with E-state index >= 15 is 0 Å². The molecule has 0 N–H and O–H groups in total. The smallest absolute Gasteiger partial charge is 0.306 e. The van der Waals surface area contributed by atoms with Crippen molar-refractivity contribution < 1.29 is 0 Å². The van der Waals surface area contributed by atoms with Crippen LogP contribution in [0.15, 0.2) is 43.3 Å². The summed E-state index contributed by atoms with van der Waals surface area (Å²) in [6.07, 6.45) is 1.66. The average molecular weight is 376 g/mol. The Morgan fingerprint density at radius 3 is 2.57 bits per heavy atom. The van der Waals surface area contributed by atoms with Crippen molar-refractivity contribution in [3.8, 4) is 0 Å². The van der Waals surface area contributed by atoms with E-state index in [0.717, 1.165) is 14.6 Å². The van der Waals surface area contributed by atoms with Crippen LogP contribution in [-0.2, 0) is 21.1 Å². The van der Waals surface area contributed by atoms with Crippen molar-refractivity contribution in [3.05, 3.63) is 55.1 Å². The summed E-state index contributed by atoms with van der Waals surface area (Å²) in [7, 11) is 4.73. The molecule has 0 aliphatic carbocycles. The third kappa shape index (κ3) is 2.55. The van der Waals surface area contributed by atoms with E-state index in [4.69, 9.17) is 0 Å². The SMILES string of the molecule is Cn1c(=O)c2c(nc(/N=C/c3cccc(Br)c3)n2C)n(C)c1=O. The molecule has 0 amide bonds. The first-order chi connectivity index (χ1) is 10.9. The number of fused-ring (bicyclic) bond motifs is 1. The summed E-state index contributed by atoms with van der Waals surface area (Å²) in [5.74, 6) is 0.360. The fraction of sp³-hybridized carbons (Fsp3) is 0.200. The summed E-state index contributed by atoms with van der Waals surface area (Å²) in [5.41, 5.74) is 0.760. The second-order valence-corrected chi connectivity index (χ2v) is 6.08. The van der Waals surface area contributed by atoms with Crippen molar-refractivity contribution in [2.45, 2.75) is 0 Å². The van der Waals surface area contributed by atoms with E-state index in [1.54, 1.807) is 24.9 Å². The molecule has 1 aromatic carbocycles. The molecule has 0 aliphatic rings. The Hall–Kier alpha value is -2.48. The highest BCUT2D eigenvalue weighted by Gasteiger charge is 2.16. The summed E-state index contributed by atoms with van der Waals surface area (Å²) in [5, 5.41) is 0. The highest BCUT2D eigenvalue weighted by molar-refractivity contribution is 9.10. The number of imidazole rings is 1. The molecule has 3 rings (SSSR count). The minimum absolute atomic E-state index is 0.321. The molecule has 2 heterocycles. The van der Waals surface area contributed by atoms with E-state index in [1.165, 1.54) is 11.6 Å². The summed E-state index contributed by atoms with van der Waals surface area (Å²) < 4.78 is 4.94. The van der Waals surface area contributed by atoms with E-state index in [2.05, 4.69) is 25.9 Å². The highest BCUT2D eigenvalue weighted by atomic mass is 79.9. The normalized spacial score (nSPS) is 11.7. The number of aryl methyl sites for hydroxylation is 2. The maximum Gasteiger partial charge on any atom is 0.332 e. The molecule has 0 atom stereocenters. The molecule has 0 saturated heterocycles.